The van der Waals surface area contributed by atoms with Crippen molar-refractivity contribution in [3.63, 3.8) is 0 Å². The van der Waals surface area contributed by atoms with Crippen LogP contribution in [0, 0.1) is 0 Å². The lowest BCUT2D eigenvalue weighted by Gasteiger charge is -2.34. The van der Waals surface area contributed by atoms with E-state index in [0.717, 1.165) is 42.2 Å². The molecule has 0 spiro atoms. The largest absolute Gasteiger partial charge is 0.352 e. The highest BCUT2D eigenvalue weighted by Gasteiger charge is 2.36. The lowest BCUT2D eigenvalue weighted by molar-refractivity contribution is -0.141. The minimum atomic E-state index is -3.73. The van der Waals surface area contributed by atoms with Crippen LogP contribution in [0.5, 0.6) is 0 Å². The molecule has 1 saturated carbocycles. The van der Waals surface area contributed by atoms with Gasteiger partial charge in [-0.1, -0.05) is 104 Å². The topological polar surface area (TPSA) is 86.8 Å². The summed E-state index contributed by atoms with van der Waals surface area (Å²) in [5.41, 5.74) is 2.34. The summed E-state index contributed by atoms with van der Waals surface area (Å²) in [6, 6.07) is 27.3. The first-order valence-corrected chi connectivity index (χ1v) is 17.6. The molecule has 1 atom stereocenters. The van der Waals surface area contributed by atoms with Crippen molar-refractivity contribution in [2.24, 2.45) is 0 Å². The van der Waals surface area contributed by atoms with Gasteiger partial charge in [0.1, 0.15) is 6.04 Å². The Morgan fingerprint density at radius 1 is 0.889 bits per heavy atom. The van der Waals surface area contributed by atoms with Gasteiger partial charge < -0.3 is 10.2 Å². The van der Waals surface area contributed by atoms with Gasteiger partial charge in [0.15, 0.2) is 0 Å². The molecule has 0 bridgehead atoms. The normalized spacial score (nSPS) is 16.4. The predicted molar refractivity (Wildman–Crippen MR) is 179 cm³/mol. The van der Waals surface area contributed by atoms with Gasteiger partial charge in [0.2, 0.25) is 11.8 Å². The molecule has 234 valence electrons. The van der Waals surface area contributed by atoms with Crippen molar-refractivity contribution in [2.45, 2.75) is 74.9 Å². The van der Waals surface area contributed by atoms with Crippen LogP contribution in [0.1, 0.15) is 56.1 Å². The van der Waals surface area contributed by atoms with Gasteiger partial charge in [-0.05, 0) is 54.0 Å². The number of carbonyl (C=O) groups excluding carboxylic acids is 2. The Balaban J connectivity index is 1.25. The first-order valence-electron chi connectivity index (χ1n) is 15.7. The van der Waals surface area contributed by atoms with E-state index in [-0.39, 0.29) is 37.4 Å². The predicted octanol–water partition coefficient (Wildman–Crippen LogP) is 6.87. The molecule has 0 radical (unpaired) electrons. The number of hydrogen-bond donors (Lipinski definition) is 1. The van der Waals surface area contributed by atoms with Gasteiger partial charge in [-0.2, -0.15) is 0 Å². The zero-order valence-electron chi connectivity index (χ0n) is 25.2. The lowest BCUT2D eigenvalue weighted by atomic mass is 9.94. The van der Waals surface area contributed by atoms with Crippen LogP contribution in [0.25, 0.3) is 10.8 Å². The molecule has 0 unspecified atom stereocenters. The Kier molecular flexibility index (Phi) is 9.42. The van der Waals surface area contributed by atoms with Gasteiger partial charge in [0.05, 0.1) is 10.6 Å². The maximum absolute atomic E-state index is 14.2. The average Bonchev–Trinajstić information content (AvgIpc) is 3.27. The van der Waals surface area contributed by atoms with Crippen LogP contribution >= 0.6 is 11.6 Å². The summed E-state index contributed by atoms with van der Waals surface area (Å²) >= 11 is 6.57. The number of benzene rings is 4. The SMILES string of the molecule is O=C(NC1CCCCC1)[C@H](Cc1ccccc1)N(Cc1ccccc1Cl)C(=O)CCCN1c2cccc3cccc(c23)S1(=O)=O. The molecule has 9 heteroatoms. The number of hydrogen-bond acceptors (Lipinski definition) is 4. The van der Waals surface area contributed by atoms with Gasteiger partial charge in [-0.25, -0.2) is 8.42 Å². The molecule has 1 N–H and O–H groups in total. The van der Waals surface area contributed by atoms with Crippen LogP contribution in [-0.4, -0.2) is 43.8 Å². The number of anilines is 1. The van der Waals surface area contributed by atoms with E-state index in [0.29, 0.717) is 33.8 Å². The van der Waals surface area contributed by atoms with E-state index in [4.69, 9.17) is 11.6 Å². The molecular weight excluding hydrogens is 606 g/mol. The highest BCUT2D eigenvalue weighted by molar-refractivity contribution is 7.93. The molecule has 4 aromatic rings. The molecule has 7 nitrogen and oxygen atoms in total. The van der Waals surface area contributed by atoms with E-state index in [1.165, 1.54) is 10.7 Å². The van der Waals surface area contributed by atoms with E-state index >= 15 is 0 Å². The van der Waals surface area contributed by atoms with Gasteiger partial charge >= 0.3 is 0 Å². The molecule has 45 heavy (non-hydrogen) atoms. The molecule has 1 fully saturated rings. The van der Waals surface area contributed by atoms with Gasteiger partial charge in [0.25, 0.3) is 10.0 Å². The van der Waals surface area contributed by atoms with Gasteiger partial charge in [-0.15, -0.1) is 0 Å². The molecule has 6 rings (SSSR count). The fraction of sp³-hybridized carbons (Fsp3) is 0.333. The van der Waals surface area contributed by atoms with Crippen LogP contribution in [0.3, 0.4) is 0 Å². The first-order chi connectivity index (χ1) is 21.8. The van der Waals surface area contributed by atoms with Crippen LogP contribution < -0.4 is 9.62 Å². The molecular formula is C36H38ClN3O4S. The molecule has 4 aromatic carbocycles. The summed E-state index contributed by atoms with van der Waals surface area (Å²) < 4.78 is 28.4. The fourth-order valence-electron chi connectivity index (χ4n) is 6.62. The minimum Gasteiger partial charge on any atom is -0.352 e. The highest BCUT2D eigenvalue weighted by Crippen LogP contribution is 2.42. The first kappa shape index (κ1) is 31.1. The average molecular weight is 644 g/mol. The number of rotatable bonds is 11. The second-order valence-corrected chi connectivity index (χ2v) is 14.2. The Bertz CT molecular complexity index is 1790. The molecule has 2 aliphatic rings. The summed E-state index contributed by atoms with van der Waals surface area (Å²) in [7, 11) is -3.73. The Labute approximate surface area is 270 Å². The highest BCUT2D eigenvalue weighted by atomic mass is 35.5. The van der Waals surface area contributed by atoms with E-state index in [1.54, 1.807) is 23.1 Å². The van der Waals surface area contributed by atoms with Crippen molar-refractivity contribution >= 4 is 49.9 Å². The third kappa shape index (κ3) is 6.72. The van der Waals surface area contributed by atoms with Crippen molar-refractivity contribution in [2.75, 3.05) is 10.8 Å². The third-order valence-electron chi connectivity index (χ3n) is 8.95. The number of nitrogens with zero attached hydrogens (tertiary/aromatic N) is 2. The summed E-state index contributed by atoms with van der Waals surface area (Å²) in [5, 5.41) is 5.36. The van der Waals surface area contributed by atoms with Crippen LogP contribution in [-0.2, 0) is 32.6 Å². The van der Waals surface area contributed by atoms with Gasteiger partial charge in [-0.3, -0.25) is 13.9 Å². The second kappa shape index (κ2) is 13.6. The van der Waals surface area contributed by atoms with Crippen molar-refractivity contribution in [1.29, 1.82) is 0 Å². The molecule has 1 aliphatic heterocycles. The van der Waals surface area contributed by atoms with Crippen molar-refractivity contribution < 1.29 is 18.0 Å². The van der Waals surface area contributed by atoms with Crippen LogP contribution in [0.15, 0.2) is 95.9 Å². The monoisotopic (exact) mass is 643 g/mol. The summed E-state index contributed by atoms with van der Waals surface area (Å²) in [6.45, 7) is 0.320. The maximum Gasteiger partial charge on any atom is 0.265 e. The van der Waals surface area contributed by atoms with E-state index < -0.39 is 16.1 Å². The third-order valence-corrected chi connectivity index (χ3v) is 11.2. The number of nitrogens with one attached hydrogen (secondary N) is 1. The zero-order chi connectivity index (χ0) is 31.4. The maximum atomic E-state index is 14.2. The minimum absolute atomic E-state index is 0.0742. The van der Waals surface area contributed by atoms with Crippen molar-refractivity contribution in [3.8, 4) is 0 Å². The van der Waals surface area contributed by atoms with Crippen molar-refractivity contribution in [1.82, 2.24) is 10.2 Å². The summed E-state index contributed by atoms with van der Waals surface area (Å²) in [5.74, 6) is -0.391. The number of sulfonamides is 1. The zero-order valence-corrected chi connectivity index (χ0v) is 26.8. The van der Waals surface area contributed by atoms with Crippen LogP contribution in [0.2, 0.25) is 5.02 Å². The van der Waals surface area contributed by atoms with Crippen molar-refractivity contribution in [3.05, 3.63) is 107 Å². The number of halogens is 1. The number of carbonyl (C=O) groups is 2. The Morgan fingerprint density at radius 3 is 2.36 bits per heavy atom. The molecule has 0 aromatic heterocycles. The quantitative estimate of drug-likeness (QED) is 0.193. The molecule has 1 aliphatic carbocycles. The second-order valence-electron chi connectivity index (χ2n) is 12.0. The standard InChI is InChI=1S/C36H38ClN3O4S/c37-30-19-8-7-14-28(30)25-39(32(24-26-12-3-1-4-13-26)36(42)38-29-17-5-2-6-18-29)34(41)22-11-23-40-31-20-9-15-27-16-10-21-33(35(27)31)45(40,43)44/h1,3-4,7-10,12-16,19-21,29,32H,2,5-6,11,17-18,22-25H2,(H,38,42)/t32-/m0/s1. The Hall–Kier alpha value is -3.88. The summed E-state index contributed by atoms with van der Waals surface area (Å²) in [6.07, 6.45) is 5.91. The fourth-order valence-corrected chi connectivity index (χ4v) is 8.57. The lowest BCUT2D eigenvalue weighted by Crippen LogP contribution is -2.53. The molecule has 0 saturated heterocycles. The van der Waals surface area contributed by atoms with E-state index in [1.807, 2.05) is 72.8 Å². The number of amides is 2. The van der Waals surface area contributed by atoms with E-state index in [2.05, 4.69) is 5.32 Å². The molecule has 2 amide bonds. The van der Waals surface area contributed by atoms with E-state index in [9.17, 15) is 18.0 Å². The van der Waals surface area contributed by atoms with Crippen LogP contribution in [0.4, 0.5) is 5.69 Å². The molecule has 1 heterocycles. The Morgan fingerprint density at radius 2 is 1.60 bits per heavy atom. The van der Waals surface area contributed by atoms with Gasteiger partial charge in [0, 0.05) is 42.4 Å². The summed E-state index contributed by atoms with van der Waals surface area (Å²) in [4.78, 5) is 30.1. The smallest absolute Gasteiger partial charge is 0.265 e.